The first-order chi connectivity index (χ1) is 65.2. The maximum absolute atomic E-state index is 12.4. The van der Waals surface area contributed by atoms with Gasteiger partial charge in [-0.2, -0.15) is 0 Å². The van der Waals surface area contributed by atoms with Crippen LogP contribution in [0.4, 0.5) is 19.2 Å². The standard InChI is InChI=1S/C25H35N3O5S.C24H33N3O5S.C23H33N3O4S.C13H13ClN2O2S.C11H21NO3.C4H8O.Al.Li.4H/c1-6-31-19(29)13-15-7-12-18-20(15)21-22(26-14-27-23(21)34-18)32-17-10-8-16(9-11-17)28(5)24(30)33-25(2,3)4;1-5-30-18(28)12-14-6-11-17-19(14)20-21(25-13-26-22(20)33-17)31-16-9-7-15(8-10-16)27-23(29)32-24(2,3)4;1-23(2,3)30-22(28)26(4)15-6-8-16(9-7-15)29-20-19-18-14(11-12-27)5-10-17(18)31-21(19)25-13-24-20;1-2-18-9(17)5-7-3-4-8-10(7)11-12(14)15-6-16-13(11)19-8;1-11(2,3)15-10(14)12-8-4-6-9(13)7-5-8;1-2-4-5-3-1;;;;;;/h14-17H,6-13H2,1-5H3;13-16H,5-12H2,1-4H3,(H,27,29);13-16,27H,5-12H2,1-4H3;6-7H,2-5H2,1H3;8-9,13H,4-7H2,1-3H3,(H,12,14);1-4H2;;;;;;/q;;;;;;;+1;;;;-1. The van der Waals surface area contributed by atoms with Crippen LogP contribution in [0.25, 0.3) is 40.9 Å². The molecule has 4 saturated carbocycles. The SMILES string of the molecule is C1CCOC1.CC(C)(C)OC(=O)NC1CCC(O)CC1.CCOC(=O)CC1CCc2sc3ncnc(Cl)c3c21.CCOC(=O)CC1CCc2sc3ncnc(OC4CCC(N(C)C(=O)OC(C)(C)C)CC4)c3c21.CCOC(=O)CC1CCc2sc3ncnc(OC4CCC(NC(=O)OC(C)(C)C)CC4)c3c21.CN(C(=O)OC(C)(C)C)C1CCC(Oc2ncnc3sc4c(c23)C(CCO)CC4)CC1.[AlH3].[H-].[Li+]. The number of aliphatic hydroxyl groups excluding tert-OH is 2. The van der Waals surface area contributed by atoms with Crippen molar-refractivity contribution in [3.63, 3.8) is 0 Å². The number of alkyl carbamates (subject to hydrolysis) is 2. The van der Waals surface area contributed by atoms with E-state index in [4.69, 9.17) is 63.7 Å². The summed E-state index contributed by atoms with van der Waals surface area (Å²) in [6.45, 7) is 31.3. The van der Waals surface area contributed by atoms with Gasteiger partial charge in [0.15, 0.2) is 17.4 Å². The van der Waals surface area contributed by atoms with Crippen LogP contribution in [0.5, 0.6) is 17.6 Å². The molecule has 4 N–H and O–H groups in total. The average molecular weight is 2030 g/mol. The molecule has 39 heteroatoms. The molecule has 0 spiro atoms. The zero-order valence-electron chi connectivity index (χ0n) is 84.9. The molecule has 0 radical (unpaired) electrons. The fourth-order valence-electron chi connectivity index (χ4n) is 19.3. The minimum atomic E-state index is -0.505. The summed E-state index contributed by atoms with van der Waals surface area (Å²) in [4.78, 5) is 132. The second kappa shape index (κ2) is 52.2. The molecular weight excluding hydrogens is 1890 g/mol. The van der Waals surface area contributed by atoms with Gasteiger partial charge in [-0.3, -0.25) is 14.4 Å². The second-order valence-electron chi connectivity index (χ2n) is 40.6. The van der Waals surface area contributed by atoms with Crippen LogP contribution in [0.3, 0.4) is 0 Å². The van der Waals surface area contributed by atoms with Crippen molar-refractivity contribution in [3.05, 3.63) is 72.2 Å². The molecular formula is C100H147AlClLiN12O20S4. The number of nitrogens with zero attached hydrogens (tertiary/aromatic N) is 10. The largest absolute Gasteiger partial charge is 1.00 e. The summed E-state index contributed by atoms with van der Waals surface area (Å²) in [5.74, 6) is 2.22. The van der Waals surface area contributed by atoms with Crippen LogP contribution in [0.2, 0.25) is 5.15 Å². The monoisotopic (exact) mass is 2030 g/mol. The number of aromatic nitrogens is 8. The maximum atomic E-state index is 12.4. The van der Waals surface area contributed by atoms with Crippen molar-refractivity contribution in [2.75, 3.05) is 53.7 Å². The molecule has 17 rings (SSSR count). The molecule has 139 heavy (non-hydrogen) atoms. The molecule has 0 bridgehead atoms. The number of esters is 3. The first kappa shape index (κ1) is 113. The van der Waals surface area contributed by atoms with Crippen molar-refractivity contribution in [1.29, 1.82) is 0 Å². The Hall–Kier alpha value is -7.65. The Labute approximate surface area is 862 Å². The second-order valence-corrected chi connectivity index (χ2v) is 45.3. The van der Waals surface area contributed by atoms with Crippen molar-refractivity contribution >= 4 is 157 Å². The Morgan fingerprint density at radius 1 is 0.424 bits per heavy atom. The van der Waals surface area contributed by atoms with E-state index >= 15 is 0 Å². The van der Waals surface area contributed by atoms with E-state index in [1.165, 1.54) is 60.9 Å². The summed E-state index contributed by atoms with van der Waals surface area (Å²) in [5.41, 5.74) is 2.85. The van der Waals surface area contributed by atoms with Gasteiger partial charge < -0.3 is 84.2 Å². The van der Waals surface area contributed by atoms with Crippen LogP contribution in [0, 0.1) is 0 Å². The number of rotatable bonds is 21. The minimum absolute atomic E-state index is 0. The normalized spacial score (nSPS) is 22.3. The molecule has 0 aromatic carbocycles. The summed E-state index contributed by atoms with van der Waals surface area (Å²) in [5, 5.41) is 28.9. The zero-order valence-corrected chi connectivity index (χ0v) is 87.9. The van der Waals surface area contributed by atoms with Gasteiger partial charge in [0.1, 0.15) is 90.5 Å². The van der Waals surface area contributed by atoms with Gasteiger partial charge >= 0.3 is 61.1 Å². The molecule has 1 aliphatic heterocycles. The van der Waals surface area contributed by atoms with Crippen LogP contribution in [0.1, 0.15) is 338 Å². The molecule has 9 aliphatic rings. The van der Waals surface area contributed by atoms with Gasteiger partial charge in [-0.1, -0.05) is 11.6 Å². The third kappa shape index (κ3) is 32.4. The number of aryl methyl sites for hydroxylation is 4. The number of carbonyl (C=O) groups excluding carboxylic acids is 7. The van der Waals surface area contributed by atoms with E-state index in [0.29, 0.717) is 67.8 Å². The predicted octanol–water partition coefficient (Wildman–Crippen LogP) is 16.7. The first-order valence-corrected chi connectivity index (χ1v) is 52.8. The van der Waals surface area contributed by atoms with E-state index in [0.717, 1.165) is 215 Å². The molecule has 9 heterocycles. The van der Waals surface area contributed by atoms with Crippen LogP contribution in [-0.4, -0.2) is 244 Å². The summed E-state index contributed by atoms with van der Waals surface area (Å²) in [6.07, 6.45) is 30.6. The first-order valence-electron chi connectivity index (χ1n) is 49.2. The number of aliphatic hydroxyl groups is 2. The number of carbonyl (C=O) groups is 7. The third-order valence-corrected chi connectivity index (χ3v) is 30.6. The number of hydrogen-bond acceptors (Lipinski definition) is 32. The van der Waals surface area contributed by atoms with Crippen molar-refractivity contribution in [1.82, 2.24) is 60.3 Å². The number of halogens is 1. The van der Waals surface area contributed by atoms with Gasteiger partial charge in [0, 0.05) is 77.6 Å². The van der Waals surface area contributed by atoms with Crippen LogP contribution in [-0.2, 0) is 78.0 Å². The van der Waals surface area contributed by atoms with Gasteiger partial charge in [-0.15, -0.1) is 45.3 Å². The molecule has 8 aromatic rings. The number of nitrogens with one attached hydrogen (secondary N) is 2. The Morgan fingerprint density at radius 2 is 0.719 bits per heavy atom. The summed E-state index contributed by atoms with van der Waals surface area (Å²) in [7, 11) is 3.63. The molecule has 8 aliphatic carbocycles. The van der Waals surface area contributed by atoms with E-state index < -0.39 is 22.4 Å². The quantitative estimate of drug-likeness (QED) is 0.0225. The molecule has 4 unspecified atom stereocenters. The van der Waals surface area contributed by atoms with Crippen molar-refractivity contribution in [3.8, 4) is 17.6 Å². The zero-order chi connectivity index (χ0) is 98.6. The molecule has 5 fully saturated rings. The Bertz CT molecular complexity index is 5370. The van der Waals surface area contributed by atoms with E-state index in [9.17, 15) is 43.8 Å². The molecule has 8 aromatic heterocycles. The Kier molecular flexibility index (Phi) is 42.6. The van der Waals surface area contributed by atoms with Gasteiger partial charge in [-0.25, -0.2) is 59.0 Å². The minimum Gasteiger partial charge on any atom is -1.00 e. The van der Waals surface area contributed by atoms with E-state index in [-0.39, 0.29) is 153 Å². The van der Waals surface area contributed by atoms with Crippen molar-refractivity contribution in [2.45, 2.75) is 391 Å². The molecule has 1 saturated heterocycles. The van der Waals surface area contributed by atoms with E-state index in [2.05, 4.69) is 50.5 Å². The maximum Gasteiger partial charge on any atom is 1.00 e. The Morgan fingerprint density at radius 3 is 1.03 bits per heavy atom. The van der Waals surface area contributed by atoms with Gasteiger partial charge in [0.05, 0.1) is 66.7 Å². The van der Waals surface area contributed by atoms with Crippen molar-refractivity contribution < 1.29 is 116 Å². The fraction of sp³-hybridized carbons (Fsp3) is 0.690. The number of fused-ring (bicyclic) bond motifs is 12. The van der Waals surface area contributed by atoms with Gasteiger partial charge in [0.25, 0.3) is 0 Å². The predicted molar refractivity (Wildman–Crippen MR) is 540 cm³/mol. The number of thiophene rings is 4. The number of ether oxygens (including phenoxy) is 11. The van der Waals surface area contributed by atoms with E-state index in [1.54, 1.807) is 74.1 Å². The fourth-order valence-corrected chi connectivity index (χ4v) is 24.5. The van der Waals surface area contributed by atoms with Crippen LogP contribution in [0.15, 0.2) is 25.3 Å². The molecule has 4 amide bonds. The number of hydrogen-bond donors (Lipinski definition) is 4. The summed E-state index contributed by atoms with van der Waals surface area (Å²) >= 11 is 12.9. The molecule has 762 valence electrons. The summed E-state index contributed by atoms with van der Waals surface area (Å²) < 4.78 is 61.1. The molecule has 4 atom stereocenters. The van der Waals surface area contributed by atoms with Gasteiger partial charge in [0.2, 0.25) is 17.6 Å². The number of amides is 4. The summed E-state index contributed by atoms with van der Waals surface area (Å²) in [6, 6.07) is 0.548. The van der Waals surface area contributed by atoms with Crippen LogP contribution < -0.4 is 43.7 Å². The topological polar surface area (TPSA) is 395 Å². The average Bonchev–Trinajstić information content (AvgIpc) is 1.54. The van der Waals surface area contributed by atoms with E-state index in [1.807, 2.05) is 118 Å². The molecule has 32 nitrogen and oxygen atoms in total. The Balaban J connectivity index is 0.000000197. The third-order valence-electron chi connectivity index (χ3n) is 25.6. The smallest absolute Gasteiger partial charge is 1.00 e. The van der Waals surface area contributed by atoms with Crippen LogP contribution >= 0.6 is 56.9 Å². The van der Waals surface area contributed by atoms with Crippen molar-refractivity contribution in [2.24, 2.45) is 0 Å². The van der Waals surface area contributed by atoms with Gasteiger partial charge in [-0.05, 0) is 323 Å².